The van der Waals surface area contributed by atoms with Crippen molar-refractivity contribution in [2.75, 3.05) is 19.3 Å². The zero-order valence-electron chi connectivity index (χ0n) is 8.10. The van der Waals surface area contributed by atoms with E-state index >= 15 is 0 Å². The minimum atomic E-state index is 1.26. The van der Waals surface area contributed by atoms with Gasteiger partial charge in [-0.2, -0.15) is 0 Å². The summed E-state index contributed by atoms with van der Waals surface area (Å²) in [5.74, 6) is 0. The lowest BCUT2D eigenvalue weighted by Gasteiger charge is -2.17. The van der Waals surface area contributed by atoms with E-state index in [0.717, 1.165) is 0 Å². The Labute approximate surface area is 75.7 Å². The van der Waals surface area contributed by atoms with E-state index in [4.69, 9.17) is 0 Å². The molecule has 0 saturated carbocycles. The topological polar surface area (TPSA) is 3.24 Å². The van der Waals surface area contributed by atoms with E-state index in [1.807, 2.05) is 11.9 Å². The molecule has 11 heavy (non-hydrogen) atoms. The van der Waals surface area contributed by atoms with Crippen molar-refractivity contribution in [2.45, 2.75) is 39.5 Å². The summed E-state index contributed by atoms with van der Waals surface area (Å²) in [5.41, 5.74) is 0. The van der Waals surface area contributed by atoms with Crippen LogP contribution in [0.5, 0.6) is 0 Å². The molecule has 0 radical (unpaired) electrons. The van der Waals surface area contributed by atoms with E-state index in [2.05, 4.69) is 24.4 Å². The van der Waals surface area contributed by atoms with E-state index in [1.165, 1.54) is 38.8 Å². The smallest absolute Gasteiger partial charge is 0.00891 e. The quantitative estimate of drug-likeness (QED) is 0.547. The van der Waals surface area contributed by atoms with Crippen molar-refractivity contribution in [3.05, 3.63) is 0 Å². The van der Waals surface area contributed by atoms with Gasteiger partial charge in [-0.05, 0) is 19.1 Å². The fourth-order valence-corrected chi connectivity index (χ4v) is 1.59. The van der Waals surface area contributed by atoms with Crippen molar-refractivity contribution in [1.29, 1.82) is 0 Å². The number of unbranched alkanes of at least 4 members (excludes halogenated alkanes) is 2. The van der Waals surface area contributed by atoms with Gasteiger partial charge in [-0.1, -0.05) is 38.6 Å². The third-order valence-corrected chi connectivity index (χ3v) is 2.66. The molecule has 0 rings (SSSR count). The second-order valence-corrected chi connectivity index (χ2v) is 3.70. The van der Waals surface area contributed by atoms with E-state index < -0.39 is 0 Å². The van der Waals surface area contributed by atoms with Gasteiger partial charge in [0, 0.05) is 13.1 Å². The molecule has 0 aliphatic carbocycles. The van der Waals surface area contributed by atoms with Crippen LogP contribution in [0.25, 0.3) is 0 Å². The van der Waals surface area contributed by atoms with Crippen LogP contribution in [0.15, 0.2) is 0 Å². The fraction of sp³-hybridized carbons (Fsp3) is 1.00. The lowest BCUT2D eigenvalue weighted by Crippen LogP contribution is -2.17. The molecule has 0 spiro atoms. The molecule has 0 aromatic carbocycles. The third-order valence-electron chi connectivity index (χ3n) is 1.78. The first-order valence-corrected chi connectivity index (χ1v) is 5.82. The van der Waals surface area contributed by atoms with E-state index in [-0.39, 0.29) is 0 Å². The first kappa shape index (κ1) is 11.3. The number of hydrogen-bond donors (Lipinski definition) is 0. The summed E-state index contributed by atoms with van der Waals surface area (Å²) in [7, 11) is 0. The molecule has 1 nitrogen and oxygen atoms in total. The number of nitrogens with zero attached hydrogens (tertiary/aromatic N) is 1. The van der Waals surface area contributed by atoms with Gasteiger partial charge in [-0.15, -0.1) is 0 Å². The Balaban J connectivity index is 3.25. The molecule has 0 fully saturated rings. The highest BCUT2D eigenvalue weighted by atomic mass is 32.2. The predicted octanol–water partition coefficient (Wildman–Crippen LogP) is 3.17. The third kappa shape index (κ3) is 6.70. The van der Waals surface area contributed by atoms with Crippen LogP contribution in [0.2, 0.25) is 0 Å². The molecule has 0 unspecified atom stereocenters. The second kappa shape index (κ2) is 8.41. The minimum absolute atomic E-state index is 1.26. The summed E-state index contributed by atoms with van der Waals surface area (Å²) in [4.78, 5) is 0. The van der Waals surface area contributed by atoms with Crippen molar-refractivity contribution >= 4 is 11.9 Å². The maximum atomic E-state index is 2.47. The molecule has 2 heteroatoms. The first-order chi connectivity index (χ1) is 5.35. The Morgan fingerprint density at radius 3 is 1.73 bits per heavy atom. The SMILES string of the molecule is CCCCN(CCCC)SC. The molecule has 0 aromatic rings. The van der Waals surface area contributed by atoms with Crippen LogP contribution >= 0.6 is 11.9 Å². The number of rotatable bonds is 7. The Morgan fingerprint density at radius 2 is 1.45 bits per heavy atom. The van der Waals surface area contributed by atoms with Gasteiger partial charge < -0.3 is 0 Å². The summed E-state index contributed by atoms with van der Waals surface area (Å²) >= 11 is 1.88. The normalized spacial score (nSPS) is 10.9. The Kier molecular flexibility index (Phi) is 8.64. The maximum Gasteiger partial charge on any atom is 0.00891 e. The molecular formula is C9H21NS. The van der Waals surface area contributed by atoms with Crippen LogP contribution in [0, 0.1) is 0 Å². The standard InChI is InChI=1S/C9H21NS/c1-4-6-8-10(11-3)9-7-5-2/h4-9H2,1-3H3. The Bertz CT molecular complexity index is 68.0. The summed E-state index contributed by atoms with van der Waals surface area (Å²) in [6.45, 7) is 7.02. The Hall–Kier alpha value is 0.310. The zero-order valence-corrected chi connectivity index (χ0v) is 8.91. The molecule has 0 bridgehead atoms. The molecule has 0 amide bonds. The molecule has 0 saturated heterocycles. The van der Waals surface area contributed by atoms with Crippen molar-refractivity contribution in [3.63, 3.8) is 0 Å². The highest BCUT2D eigenvalue weighted by Crippen LogP contribution is 2.08. The van der Waals surface area contributed by atoms with Crippen molar-refractivity contribution in [2.24, 2.45) is 0 Å². The van der Waals surface area contributed by atoms with E-state index in [1.54, 1.807) is 0 Å². The predicted molar refractivity (Wildman–Crippen MR) is 54.9 cm³/mol. The van der Waals surface area contributed by atoms with E-state index in [0.29, 0.717) is 0 Å². The van der Waals surface area contributed by atoms with Crippen LogP contribution in [0.1, 0.15) is 39.5 Å². The van der Waals surface area contributed by atoms with Gasteiger partial charge >= 0.3 is 0 Å². The van der Waals surface area contributed by atoms with Crippen LogP contribution in [-0.4, -0.2) is 23.7 Å². The fourth-order valence-electron chi connectivity index (χ4n) is 0.963. The molecule has 0 aromatic heterocycles. The molecule has 0 aliphatic heterocycles. The lowest BCUT2D eigenvalue weighted by atomic mass is 10.3. The lowest BCUT2D eigenvalue weighted by molar-refractivity contribution is 0.445. The monoisotopic (exact) mass is 175 g/mol. The molecule has 0 aliphatic rings. The largest absolute Gasteiger partial charge is 0.251 e. The van der Waals surface area contributed by atoms with Crippen molar-refractivity contribution < 1.29 is 0 Å². The Morgan fingerprint density at radius 1 is 1.00 bits per heavy atom. The van der Waals surface area contributed by atoms with Crippen LogP contribution in [0.4, 0.5) is 0 Å². The zero-order chi connectivity index (χ0) is 8.53. The highest BCUT2D eigenvalue weighted by molar-refractivity contribution is 7.96. The van der Waals surface area contributed by atoms with Gasteiger partial charge in [0.05, 0.1) is 0 Å². The summed E-state index contributed by atoms with van der Waals surface area (Å²) in [5, 5.41) is 0. The summed E-state index contributed by atoms with van der Waals surface area (Å²) < 4.78 is 2.47. The van der Waals surface area contributed by atoms with Crippen molar-refractivity contribution in [1.82, 2.24) is 4.31 Å². The molecular weight excluding hydrogens is 154 g/mol. The van der Waals surface area contributed by atoms with Gasteiger partial charge in [0.15, 0.2) is 0 Å². The van der Waals surface area contributed by atoms with Gasteiger partial charge in [0.25, 0.3) is 0 Å². The first-order valence-electron chi connectivity index (χ1n) is 4.64. The van der Waals surface area contributed by atoms with Crippen LogP contribution in [0.3, 0.4) is 0 Å². The second-order valence-electron chi connectivity index (χ2n) is 2.82. The molecule has 68 valence electrons. The van der Waals surface area contributed by atoms with Gasteiger partial charge in [-0.3, -0.25) is 4.31 Å². The molecule has 0 N–H and O–H groups in total. The average Bonchev–Trinajstić information content (AvgIpc) is 2.05. The highest BCUT2D eigenvalue weighted by Gasteiger charge is 1.99. The van der Waals surface area contributed by atoms with Gasteiger partial charge in [0.2, 0.25) is 0 Å². The average molecular weight is 175 g/mol. The van der Waals surface area contributed by atoms with Gasteiger partial charge in [-0.25, -0.2) is 0 Å². The summed E-state index contributed by atoms with van der Waals surface area (Å²) in [6.07, 6.45) is 7.47. The van der Waals surface area contributed by atoms with Crippen molar-refractivity contribution in [3.8, 4) is 0 Å². The molecule has 0 atom stereocenters. The van der Waals surface area contributed by atoms with Crippen LogP contribution in [-0.2, 0) is 0 Å². The minimum Gasteiger partial charge on any atom is -0.251 e. The van der Waals surface area contributed by atoms with Crippen LogP contribution < -0.4 is 0 Å². The molecule has 0 heterocycles. The number of hydrogen-bond acceptors (Lipinski definition) is 2. The summed E-state index contributed by atoms with van der Waals surface area (Å²) in [6, 6.07) is 0. The maximum absolute atomic E-state index is 2.47. The van der Waals surface area contributed by atoms with Gasteiger partial charge in [0.1, 0.15) is 0 Å². The van der Waals surface area contributed by atoms with E-state index in [9.17, 15) is 0 Å².